The summed E-state index contributed by atoms with van der Waals surface area (Å²) in [5.74, 6) is -0.740. The fourth-order valence-electron chi connectivity index (χ4n) is 3.29. The summed E-state index contributed by atoms with van der Waals surface area (Å²) in [7, 11) is 1.92. The molecule has 1 aromatic rings. The van der Waals surface area contributed by atoms with Gasteiger partial charge in [-0.25, -0.2) is 0 Å². The average Bonchev–Trinajstić information content (AvgIpc) is 2.44. The minimum Gasteiger partial charge on any atom is -0.480 e. The van der Waals surface area contributed by atoms with Crippen LogP contribution in [0, 0.1) is 20.8 Å². The fourth-order valence-corrected chi connectivity index (χ4v) is 3.29. The number of rotatable bonds is 5. The summed E-state index contributed by atoms with van der Waals surface area (Å²) in [6.07, 6.45) is 2.10. The molecule has 0 bridgehead atoms. The van der Waals surface area contributed by atoms with E-state index in [1.54, 1.807) is 0 Å². The van der Waals surface area contributed by atoms with Crippen molar-refractivity contribution in [1.82, 2.24) is 9.80 Å². The van der Waals surface area contributed by atoms with Gasteiger partial charge < -0.3 is 5.11 Å². The minimum atomic E-state index is -0.740. The lowest BCUT2D eigenvalue weighted by Crippen LogP contribution is -2.44. The Morgan fingerprint density at radius 3 is 2.36 bits per heavy atom. The van der Waals surface area contributed by atoms with Crippen LogP contribution < -0.4 is 0 Å². The average molecular weight is 304 g/mol. The second-order valence-electron chi connectivity index (χ2n) is 6.68. The third-order valence-electron chi connectivity index (χ3n) is 4.91. The highest BCUT2D eigenvalue weighted by atomic mass is 16.4. The van der Waals surface area contributed by atoms with E-state index in [0.29, 0.717) is 6.04 Å². The Hall–Kier alpha value is -1.39. The van der Waals surface area contributed by atoms with Gasteiger partial charge in [0.05, 0.1) is 6.54 Å². The molecule has 122 valence electrons. The quantitative estimate of drug-likeness (QED) is 0.908. The first-order chi connectivity index (χ1) is 10.4. The van der Waals surface area contributed by atoms with Crippen LogP contribution in [0.25, 0.3) is 0 Å². The molecule has 1 heterocycles. The normalized spacial score (nSPS) is 17.1. The lowest BCUT2D eigenvalue weighted by atomic mass is 9.98. The van der Waals surface area contributed by atoms with Gasteiger partial charge >= 0.3 is 5.97 Å². The predicted molar refractivity (Wildman–Crippen MR) is 89.2 cm³/mol. The van der Waals surface area contributed by atoms with Crippen molar-refractivity contribution in [3.05, 3.63) is 34.4 Å². The van der Waals surface area contributed by atoms with E-state index in [2.05, 4.69) is 37.8 Å². The maximum atomic E-state index is 10.8. The van der Waals surface area contributed by atoms with E-state index in [1.807, 2.05) is 11.9 Å². The summed E-state index contributed by atoms with van der Waals surface area (Å²) >= 11 is 0. The number of carboxylic acid groups (broad SMARTS) is 1. The Kier molecular flexibility index (Phi) is 5.59. The van der Waals surface area contributed by atoms with E-state index in [9.17, 15) is 4.79 Å². The largest absolute Gasteiger partial charge is 0.480 e. The number of aryl methyl sites for hydroxylation is 3. The highest BCUT2D eigenvalue weighted by Crippen LogP contribution is 2.21. The molecule has 4 heteroatoms. The highest BCUT2D eigenvalue weighted by molar-refractivity contribution is 5.69. The minimum absolute atomic E-state index is 0.140. The zero-order valence-corrected chi connectivity index (χ0v) is 14.2. The first-order valence-electron chi connectivity index (χ1n) is 8.08. The van der Waals surface area contributed by atoms with Gasteiger partial charge in [0.25, 0.3) is 0 Å². The Bertz CT molecular complexity index is 534. The topological polar surface area (TPSA) is 43.8 Å². The van der Waals surface area contributed by atoms with E-state index < -0.39 is 5.97 Å². The Labute approximate surface area is 133 Å². The van der Waals surface area contributed by atoms with Crippen LogP contribution in [0.1, 0.15) is 35.1 Å². The standard InChI is InChI=1S/C18H28N2O2/c1-13-9-15(3)16(10-14(13)2)11-20-7-5-17(6-8-20)19(4)12-18(21)22/h9-10,17H,5-8,11-12H2,1-4H3,(H,21,22). The molecule has 1 aliphatic heterocycles. The molecule has 2 rings (SSSR count). The van der Waals surface area contributed by atoms with Crippen LogP contribution in [0.2, 0.25) is 0 Å². The Morgan fingerprint density at radius 1 is 1.18 bits per heavy atom. The number of hydrogen-bond acceptors (Lipinski definition) is 3. The Morgan fingerprint density at radius 2 is 1.77 bits per heavy atom. The molecule has 0 saturated carbocycles. The summed E-state index contributed by atoms with van der Waals surface area (Å²) in [5.41, 5.74) is 5.50. The van der Waals surface area contributed by atoms with Crippen molar-refractivity contribution in [3.8, 4) is 0 Å². The molecule has 22 heavy (non-hydrogen) atoms. The van der Waals surface area contributed by atoms with Crippen molar-refractivity contribution >= 4 is 5.97 Å². The number of hydrogen-bond donors (Lipinski definition) is 1. The van der Waals surface area contributed by atoms with Crippen molar-refractivity contribution < 1.29 is 9.90 Å². The number of nitrogens with zero attached hydrogens (tertiary/aromatic N) is 2. The van der Waals surface area contributed by atoms with E-state index >= 15 is 0 Å². The highest BCUT2D eigenvalue weighted by Gasteiger charge is 2.23. The van der Waals surface area contributed by atoms with Gasteiger partial charge in [-0.05, 0) is 76.0 Å². The first-order valence-corrected chi connectivity index (χ1v) is 8.08. The third-order valence-corrected chi connectivity index (χ3v) is 4.91. The molecule has 0 radical (unpaired) electrons. The molecule has 0 aliphatic carbocycles. The van der Waals surface area contributed by atoms with Crippen molar-refractivity contribution in [2.24, 2.45) is 0 Å². The van der Waals surface area contributed by atoms with E-state index in [-0.39, 0.29) is 6.54 Å². The van der Waals surface area contributed by atoms with Crippen molar-refractivity contribution in [3.63, 3.8) is 0 Å². The van der Waals surface area contributed by atoms with Gasteiger partial charge in [-0.2, -0.15) is 0 Å². The van der Waals surface area contributed by atoms with Crippen LogP contribution in [-0.4, -0.2) is 53.6 Å². The molecule has 1 aromatic carbocycles. The molecule has 0 spiro atoms. The van der Waals surface area contributed by atoms with Crippen molar-refractivity contribution in [2.75, 3.05) is 26.7 Å². The second kappa shape index (κ2) is 7.25. The molecule has 0 unspecified atom stereocenters. The SMILES string of the molecule is Cc1cc(C)c(CN2CCC(N(C)CC(=O)O)CC2)cc1C. The molecule has 0 aromatic heterocycles. The van der Waals surface area contributed by atoms with Gasteiger partial charge in [0, 0.05) is 12.6 Å². The molecular formula is C18H28N2O2. The first kappa shape index (κ1) is 17.0. The third kappa shape index (κ3) is 4.31. The van der Waals surface area contributed by atoms with Gasteiger partial charge in [0.2, 0.25) is 0 Å². The Balaban J connectivity index is 1.90. The summed E-state index contributed by atoms with van der Waals surface area (Å²) in [4.78, 5) is 15.3. The van der Waals surface area contributed by atoms with Crippen LogP contribution >= 0.6 is 0 Å². The predicted octanol–water partition coefficient (Wildman–Crippen LogP) is 2.59. The fraction of sp³-hybridized carbons (Fsp3) is 0.611. The smallest absolute Gasteiger partial charge is 0.317 e. The number of piperidine rings is 1. The summed E-state index contributed by atoms with van der Waals surface area (Å²) in [6, 6.07) is 4.99. The van der Waals surface area contributed by atoms with Gasteiger partial charge in [-0.3, -0.25) is 14.6 Å². The molecule has 0 amide bonds. The lowest BCUT2D eigenvalue weighted by Gasteiger charge is -2.36. The van der Waals surface area contributed by atoms with E-state index in [0.717, 1.165) is 32.5 Å². The van der Waals surface area contributed by atoms with Crippen molar-refractivity contribution in [1.29, 1.82) is 0 Å². The number of aliphatic carboxylic acids is 1. The van der Waals surface area contributed by atoms with Crippen LogP contribution in [0.15, 0.2) is 12.1 Å². The summed E-state index contributed by atoms with van der Waals surface area (Å²) in [6.45, 7) is 9.75. The number of likely N-dealkylation sites (N-methyl/N-ethyl adjacent to an activating group) is 1. The summed E-state index contributed by atoms with van der Waals surface area (Å²) < 4.78 is 0. The molecular weight excluding hydrogens is 276 g/mol. The lowest BCUT2D eigenvalue weighted by molar-refractivity contribution is -0.138. The molecule has 1 N–H and O–H groups in total. The maximum absolute atomic E-state index is 10.8. The van der Waals surface area contributed by atoms with Gasteiger partial charge in [-0.1, -0.05) is 12.1 Å². The number of carbonyl (C=O) groups is 1. The van der Waals surface area contributed by atoms with Crippen LogP contribution in [0.5, 0.6) is 0 Å². The monoisotopic (exact) mass is 304 g/mol. The second-order valence-corrected chi connectivity index (χ2v) is 6.68. The zero-order chi connectivity index (χ0) is 16.3. The van der Waals surface area contributed by atoms with E-state index in [1.165, 1.54) is 22.3 Å². The number of likely N-dealkylation sites (tertiary alicyclic amines) is 1. The van der Waals surface area contributed by atoms with Gasteiger partial charge in [0.15, 0.2) is 0 Å². The molecule has 1 aliphatic rings. The van der Waals surface area contributed by atoms with Crippen LogP contribution in [-0.2, 0) is 11.3 Å². The number of benzene rings is 1. The zero-order valence-electron chi connectivity index (χ0n) is 14.2. The van der Waals surface area contributed by atoms with Crippen molar-refractivity contribution in [2.45, 2.75) is 46.2 Å². The van der Waals surface area contributed by atoms with Crippen LogP contribution in [0.4, 0.5) is 0 Å². The van der Waals surface area contributed by atoms with E-state index in [4.69, 9.17) is 5.11 Å². The molecule has 1 saturated heterocycles. The van der Waals surface area contributed by atoms with Gasteiger partial charge in [0.1, 0.15) is 0 Å². The number of carboxylic acids is 1. The summed E-state index contributed by atoms with van der Waals surface area (Å²) in [5, 5.41) is 8.89. The van der Waals surface area contributed by atoms with Gasteiger partial charge in [-0.15, -0.1) is 0 Å². The molecule has 0 atom stereocenters. The molecule has 1 fully saturated rings. The molecule has 4 nitrogen and oxygen atoms in total. The van der Waals surface area contributed by atoms with Crippen LogP contribution in [0.3, 0.4) is 0 Å². The maximum Gasteiger partial charge on any atom is 0.317 e.